The molecule has 1 aromatic carbocycles. The van der Waals surface area contributed by atoms with E-state index < -0.39 is 6.61 Å². The molecule has 80 valence electrons. The molecule has 0 aliphatic rings. The minimum absolute atomic E-state index is 0.0423. The number of carbonyl (C=O) groups excluding carboxylic acids is 2. The lowest BCUT2D eigenvalue weighted by molar-refractivity contribution is -0.0498. The summed E-state index contributed by atoms with van der Waals surface area (Å²) in [5.41, 5.74) is 0.229. The van der Waals surface area contributed by atoms with E-state index in [2.05, 4.69) is 4.74 Å². The van der Waals surface area contributed by atoms with Gasteiger partial charge in [-0.15, -0.1) is 0 Å². The van der Waals surface area contributed by atoms with Crippen molar-refractivity contribution in [2.45, 2.75) is 13.5 Å². The molecule has 0 bridgehead atoms. The van der Waals surface area contributed by atoms with Gasteiger partial charge < -0.3 is 4.74 Å². The standard InChI is InChI=1S/C10H8F2O3/c1-6(14)9-3-2-8(15-10(11)12)4-7(9)5-13/h2-5,10H,1H3. The zero-order valence-electron chi connectivity index (χ0n) is 7.87. The fraction of sp³-hybridized carbons (Fsp3) is 0.200. The van der Waals surface area contributed by atoms with Gasteiger partial charge in [0.25, 0.3) is 0 Å². The van der Waals surface area contributed by atoms with E-state index >= 15 is 0 Å². The number of carbonyl (C=O) groups is 2. The highest BCUT2D eigenvalue weighted by Crippen LogP contribution is 2.18. The maximum absolute atomic E-state index is 11.8. The summed E-state index contributed by atoms with van der Waals surface area (Å²) in [4.78, 5) is 21.6. The molecular weight excluding hydrogens is 206 g/mol. The smallest absolute Gasteiger partial charge is 0.387 e. The van der Waals surface area contributed by atoms with E-state index in [4.69, 9.17) is 0 Å². The predicted octanol–water partition coefficient (Wildman–Crippen LogP) is 2.30. The van der Waals surface area contributed by atoms with Crippen LogP contribution in [-0.4, -0.2) is 18.7 Å². The van der Waals surface area contributed by atoms with Gasteiger partial charge in [-0.2, -0.15) is 8.78 Å². The summed E-state index contributed by atoms with van der Waals surface area (Å²) in [6.07, 6.45) is 0.426. The number of hydrogen-bond donors (Lipinski definition) is 0. The van der Waals surface area contributed by atoms with Crippen molar-refractivity contribution in [3.05, 3.63) is 29.3 Å². The Kier molecular flexibility index (Phi) is 3.49. The van der Waals surface area contributed by atoms with Gasteiger partial charge in [0.15, 0.2) is 12.1 Å². The molecule has 0 spiro atoms. The SMILES string of the molecule is CC(=O)c1ccc(OC(F)F)cc1C=O. The highest BCUT2D eigenvalue weighted by atomic mass is 19.3. The van der Waals surface area contributed by atoms with Crippen LogP contribution in [0.1, 0.15) is 27.6 Å². The Morgan fingerprint density at radius 2 is 2.13 bits per heavy atom. The van der Waals surface area contributed by atoms with E-state index in [0.29, 0.717) is 6.29 Å². The van der Waals surface area contributed by atoms with Crippen molar-refractivity contribution < 1.29 is 23.1 Å². The van der Waals surface area contributed by atoms with Crippen molar-refractivity contribution in [1.82, 2.24) is 0 Å². The van der Waals surface area contributed by atoms with Gasteiger partial charge in [0.2, 0.25) is 0 Å². The van der Waals surface area contributed by atoms with E-state index in [9.17, 15) is 18.4 Å². The highest BCUT2D eigenvalue weighted by Gasteiger charge is 2.10. The van der Waals surface area contributed by atoms with Crippen molar-refractivity contribution in [3.8, 4) is 5.75 Å². The molecule has 0 aliphatic heterocycles. The van der Waals surface area contributed by atoms with Crippen LogP contribution < -0.4 is 4.74 Å². The van der Waals surface area contributed by atoms with Crippen molar-refractivity contribution in [3.63, 3.8) is 0 Å². The van der Waals surface area contributed by atoms with Crippen LogP contribution in [0.3, 0.4) is 0 Å². The lowest BCUT2D eigenvalue weighted by Crippen LogP contribution is -2.04. The third-order valence-electron chi connectivity index (χ3n) is 1.75. The van der Waals surface area contributed by atoms with E-state index in [1.807, 2.05) is 0 Å². The second-order valence-electron chi connectivity index (χ2n) is 2.80. The molecule has 0 fully saturated rings. The molecule has 0 aromatic heterocycles. The zero-order valence-corrected chi connectivity index (χ0v) is 7.87. The lowest BCUT2D eigenvalue weighted by atomic mass is 10.1. The highest BCUT2D eigenvalue weighted by molar-refractivity contribution is 6.01. The summed E-state index contributed by atoms with van der Waals surface area (Å²) in [7, 11) is 0. The molecule has 0 radical (unpaired) electrons. The van der Waals surface area contributed by atoms with Gasteiger partial charge in [-0.3, -0.25) is 9.59 Å². The summed E-state index contributed by atoms with van der Waals surface area (Å²) in [6.45, 7) is -1.66. The van der Waals surface area contributed by atoms with Crippen molar-refractivity contribution in [1.29, 1.82) is 0 Å². The van der Waals surface area contributed by atoms with Crippen LogP contribution in [0.5, 0.6) is 5.75 Å². The average molecular weight is 214 g/mol. The van der Waals surface area contributed by atoms with Gasteiger partial charge in [0.1, 0.15) is 5.75 Å². The number of halogens is 2. The molecular formula is C10H8F2O3. The summed E-state index contributed by atoms with van der Waals surface area (Å²) in [6, 6.07) is 3.61. The molecule has 0 unspecified atom stereocenters. The van der Waals surface area contributed by atoms with Gasteiger partial charge in [-0.1, -0.05) is 0 Å². The third-order valence-corrected chi connectivity index (χ3v) is 1.75. The van der Waals surface area contributed by atoms with E-state index in [0.717, 1.165) is 6.07 Å². The molecule has 0 heterocycles. The number of rotatable bonds is 4. The Labute approximate surface area is 84.7 Å². The average Bonchev–Trinajstić information content (AvgIpc) is 2.16. The molecule has 15 heavy (non-hydrogen) atoms. The van der Waals surface area contributed by atoms with E-state index in [-0.39, 0.29) is 22.7 Å². The number of ketones is 1. The second kappa shape index (κ2) is 4.63. The number of ether oxygens (including phenoxy) is 1. The maximum Gasteiger partial charge on any atom is 0.387 e. The van der Waals surface area contributed by atoms with Crippen LogP contribution in [-0.2, 0) is 0 Å². The largest absolute Gasteiger partial charge is 0.435 e. The molecule has 0 N–H and O–H groups in total. The molecule has 0 aliphatic carbocycles. The Balaban J connectivity index is 3.07. The molecule has 5 heteroatoms. The first-order chi connectivity index (χ1) is 7.04. The first-order valence-corrected chi connectivity index (χ1v) is 4.09. The molecule has 0 saturated carbocycles. The Morgan fingerprint density at radius 1 is 1.47 bits per heavy atom. The first kappa shape index (κ1) is 11.3. The van der Waals surface area contributed by atoms with Crippen LogP contribution in [0.4, 0.5) is 8.78 Å². The summed E-state index contributed by atoms with van der Waals surface area (Å²) in [5, 5.41) is 0. The number of benzene rings is 1. The maximum atomic E-state index is 11.8. The summed E-state index contributed by atoms with van der Waals surface area (Å²) < 4.78 is 27.8. The van der Waals surface area contributed by atoms with Gasteiger partial charge in [-0.05, 0) is 25.1 Å². The van der Waals surface area contributed by atoms with Crippen LogP contribution in [0.25, 0.3) is 0 Å². The summed E-state index contributed by atoms with van der Waals surface area (Å²) >= 11 is 0. The van der Waals surface area contributed by atoms with Crippen molar-refractivity contribution in [2.75, 3.05) is 0 Å². The molecule has 1 rings (SSSR count). The first-order valence-electron chi connectivity index (χ1n) is 4.09. The molecule has 0 atom stereocenters. The molecule has 0 amide bonds. The van der Waals surface area contributed by atoms with Crippen molar-refractivity contribution >= 4 is 12.1 Å². The topological polar surface area (TPSA) is 43.4 Å². The Morgan fingerprint density at radius 3 is 2.60 bits per heavy atom. The molecule has 0 saturated heterocycles. The Bertz CT molecular complexity index is 388. The number of aldehydes is 1. The van der Waals surface area contributed by atoms with Crippen LogP contribution >= 0.6 is 0 Å². The van der Waals surface area contributed by atoms with Crippen LogP contribution in [0, 0.1) is 0 Å². The minimum Gasteiger partial charge on any atom is -0.435 e. The number of alkyl halides is 2. The molecule has 1 aromatic rings. The second-order valence-corrected chi connectivity index (χ2v) is 2.80. The summed E-state index contributed by atoms with van der Waals surface area (Å²) in [5.74, 6) is -0.446. The minimum atomic E-state index is -2.95. The number of hydrogen-bond acceptors (Lipinski definition) is 3. The monoisotopic (exact) mass is 214 g/mol. The fourth-order valence-corrected chi connectivity index (χ4v) is 1.14. The van der Waals surface area contributed by atoms with Gasteiger partial charge in [0.05, 0.1) is 0 Å². The van der Waals surface area contributed by atoms with E-state index in [1.54, 1.807) is 0 Å². The van der Waals surface area contributed by atoms with Gasteiger partial charge in [-0.25, -0.2) is 0 Å². The van der Waals surface area contributed by atoms with Gasteiger partial charge in [0, 0.05) is 11.1 Å². The predicted molar refractivity (Wildman–Crippen MR) is 48.5 cm³/mol. The van der Waals surface area contributed by atoms with Crippen LogP contribution in [0.15, 0.2) is 18.2 Å². The normalized spacial score (nSPS) is 10.1. The quantitative estimate of drug-likeness (QED) is 0.570. The number of Topliss-reactive ketones (excluding diaryl/α,β-unsaturated/α-hetero) is 1. The van der Waals surface area contributed by atoms with Crippen molar-refractivity contribution in [2.24, 2.45) is 0 Å². The van der Waals surface area contributed by atoms with E-state index in [1.165, 1.54) is 19.1 Å². The van der Waals surface area contributed by atoms with Crippen LogP contribution in [0.2, 0.25) is 0 Å². The fourth-order valence-electron chi connectivity index (χ4n) is 1.14. The third kappa shape index (κ3) is 2.83. The lowest BCUT2D eigenvalue weighted by Gasteiger charge is -2.06. The molecule has 3 nitrogen and oxygen atoms in total. The zero-order chi connectivity index (χ0) is 11.4. The van der Waals surface area contributed by atoms with Gasteiger partial charge >= 0.3 is 6.61 Å². The Hall–Kier alpha value is -1.78.